The van der Waals surface area contributed by atoms with E-state index in [2.05, 4.69) is 74.1 Å². The lowest BCUT2D eigenvalue weighted by Crippen LogP contribution is -2.61. The summed E-state index contributed by atoms with van der Waals surface area (Å²) in [7, 11) is 13.6. The molecule has 0 aliphatic heterocycles. The standard InChI is InChI=1S/C10H26Br2N3/c1-13(2,7-11)9-15(5,6)10-14(3,4)8-12/h7-10H2,1-6H3/q+3. The molecule has 0 unspecified atom stereocenters. The molecule has 0 saturated heterocycles. The van der Waals surface area contributed by atoms with Crippen molar-refractivity contribution in [3.05, 3.63) is 0 Å². The van der Waals surface area contributed by atoms with Crippen LogP contribution >= 0.6 is 31.9 Å². The van der Waals surface area contributed by atoms with Crippen molar-refractivity contribution in [2.45, 2.75) is 0 Å². The Balaban J connectivity index is 4.43. The Morgan fingerprint density at radius 2 is 0.867 bits per heavy atom. The van der Waals surface area contributed by atoms with Gasteiger partial charge in [0.25, 0.3) is 0 Å². The van der Waals surface area contributed by atoms with Crippen molar-refractivity contribution >= 4 is 31.9 Å². The first-order chi connectivity index (χ1) is 6.54. The number of rotatable bonds is 6. The Bertz CT molecular complexity index is 183. The van der Waals surface area contributed by atoms with E-state index in [9.17, 15) is 0 Å². The predicted molar refractivity (Wildman–Crippen MR) is 73.6 cm³/mol. The summed E-state index contributed by atoms with van der Waals surface area (Å²) >= 11 is 7.14. The zero-order valence-electron chi connectivity index (χ0n) is 10.9. The highest BCUT2D eigenvalue weighted by molar-refractivity contribution is 9.09. The topological polar surface area (TPSA) is 0 Å². The molecule has 0 bridgehead atoms. The maximum Gasteiger partial charge on any atom is 0.211 e. The number of halogens is 2. The molecule has 0 aliphatic carbocycles. The molecule has 3 nitrogen and oxygen atoms in total. The molecule has 0 rings (SSSR count). The van der Waals surface area contributed by atoms with Gasteiger partial charge in [-0.1, -0.05) is 0 Å². The van der Waals surface area contributed by atoms with E-state index in [1.807, 2.05) is 0 Å². The van der Waals surface area contributed by atoms with Crippen LogP contribution in [0.5, 0.6) is 0 Å². The first-order valence-corrected chi connectivity index (χ1v) is 7.36. The van der Waals surface area contributed by atoms with E-state index in [0.29, 0.717) is 0 Å². The first-order valence-electron chi connectivity index (χ1n) is 5.12. The minimum absolute atomic E-state index is 0.995. The van der Waals surface area contributed by atoms with Crippen LogP contribution in [-0.2, 0) is 0 Å². The lowest BCUT2D eigenvalue weighted by molar-refractivity contribution is -1.13. The van der Waals surface area contributed by atoms with Gasteiger partial charge < -0.3 is 0 Å². The van der Waals surface area contributed by atoms with Gasteiger partial charge in [0.2, 0.25) is 13.3 Å². The van der Waals surface area contributed by atoms with Gasteiger partial charge in [0.15, 0.2) is 0 Å². The largest absolute Gasteiger partial charge is 0.273 e. The van der Waals surface area contributed by atoms with E-state index >= 15 is 0 Å². The molecule has 0 fully saturated rings. The van der Waals surface area contributed by atoms with E-state index in [4.69, 9.17) is 0 Å². The van der Waals surface area contributed by atoms with Crippen LogP contribution in [0.1, 0.15) is 0 Å². The lowest BCUT2D eigenvalue weighted by Gasteiger charge is -2.41. The van der Waals surface area contributed by atoms with Crippen molar-refractivity contribution in [1.29, 1.82) is 0 Å². The Kier molecular flexibility index (Phi) is 5.75. The number of alkyl halides is 2. The Hall–Kier alpha value is 0.840. The fraction of sp³-hybridized carbons (Fsp3) is 1.00. The monoisotopic (exact) mass is 346 g/mol. The van der Waals surface area contributed by atoms with Crippen LogP contribution < -0.4 is 0 Å². The Labute approximate surface area is 112 Å². The summed E-state index contributed by atoms with van der Waals surface area (Å²) in [5.41, 5.74) is 1.99. The normalized spacial score (nSPS) is 14.4. The molecule has 0 N–H and O–H groups in total. The molecule has 0 aromatic carbocycles. The summed E-state index contributed by atoms with van der Waals surface area (Å²) in [5, 5.41) is 0. The van der Waals surface area contributed by atoms with Crippen molar-refractivity contribution in [2.24, 2.45) is 0 Å². The molecule has 15 heavy (non-hydrogen) atoms. The smallest absolute Gasteiger partial charge is 0.211 e. The molecule has 0 atom stereocenters. The molecule has 0 amide bonds. The van der Waals surface area contributed by atoms with Crippen molar-refractivity contribution < 1.29 is 13.4 Å². The highest BCUT2D eigenvalue weighted by Gasteiger charge is 2.32. The van der Waals surface area contributed by atoms with Gasteiger partial charge >= 0.3 is 0 Å². The molecule has 92 valence electrons. The number of quaternary nitrogens is 3. The molecule has 5 heteroatoms. The maximum absolute atomic E-state index is 3.57. The van der Waals surface area contributed by atoms with Gasteiger partial charge in [-0.3, -0.25) is 8.97 Å². The molecule has 0 radical (unpaired) electrons. The fourth-order valence-corrected chi connectivity index (χ4v) is 2.51. The van der Waals surface area contributed by atoms with Gasteiger partial charge in [-0.15, -0.1) is 0 Å². The first kappa shape index (κ1) is 15.8. The summed E-state index contributed by atoms with van der Waals surface area (Å²) < 4.78 is 3.02. The molecular weight excluding hydrogens is 322 g/mol. The van der Waals surface area contributed by atoms with Gasteiger partial charge in [0.05, 0.1) is 42.3 Å². The fourth-order valence-electron chi connectivity index (χ4n) is 2.19. The van der Waals surface area contributed by atoms with Gasteiger partial charge in [0.1, 0.15) is 10.9 Å². The van der Waals surface area contributed by atoms with Crippen LogP contribution in [0.2, 0.25) is 0 Å². The highest BCUT2D eigenvalue weighted by Crippen LogP contribution is 2.13. The molecule has 0 aromatic rings. The molecule has 0 saturated carbocycles. The quantitative estimate of drug-likeness (QED) is 0.297. The third-order valence-corrected chi connectivity index (χ3v) is 4.89. The van der Waals surface area contributed by atoms with E-state index in [-0.39, 0.29) is 0 Å². The van der Waals surface area contributed by atoms with Crippen molar-refractivity contribution in [3.8, 4) is 0 Å². The van der Waals surface area contributed by atoms with Crippen LogP contribution in [0.15, 0.2) is 0 Å². The van der Waals surface area contributed by atoms with Crippen molar-refractivity contribution in [3.63, 3.8) is 0 Å². The molecule has 0 aliphatic rings. The summed E-state index contributed by atoms with van der Waals surface area (Å²) in [6, 6.07) is 0. The molecule has 0 heterocycles. The average Bonchev–Trinajstić information content (AvgIpc) is 2.00. The van der Waals surface area contributed by atoms with Crippen molar-refractivity contribution in [1.82, 2.24) is 0 Å². The SMILES string of the molecule is C[N+](C)(CBr)C[N+](C)(C)C[N+](C)(C)CBr. The summed E-state index contributed by atoms with van der Waals surface area (Å²) in [4.78, 5) is 0. The highest BCUT2D eigenvalue weighted by atomic mass is 79.9. The molecule has 0 spiro atoms. The number of hydrogen-bond donors (Lipinski definition) is 0. The second kappa shape index (κ2) is 5.45. The summed E-state index contributed by atoms with van der Waals surface area (Å²) in [6.45, 7) is 2.25. The zero-order chi connectivity index (χ0) is 12.3. The summed E-state index contributed by atoms with van der Waals surface area (Å²) in [6.07, 6.45) is 0. The lowest BCUT2D eigenvalue weighted by atomic mass is 10.5. The van der Waals surface area contributed by atoms with Gasteiger partial charge in [-0.05, 0) is 31.9 Å². The van der Waals surface area contributed by atoms with Crippen molar-refractivity contribution in [2.75, 3.05) is 66.5 Å². The van der Waals surface area contributed by atoms with Gasteiger partial charge in [0, 0.05) is 0 Å². The van der Waals surface area contributed by atoms with Gasteiger partial charge in [-0.25, -0.2) is 4.48 Å². The predicted octanol–water partition coefficient (Wildman–Crippen LogP) is 1.84. The third-order valence-electron chi connectivity index (χ3n) is 2.18. The van der Waals surface area contributed by atoms with Crippen LogP contribution in [0, 0.1) is 0 Å². The van der Waals surface area contributed by atoms with E-state index in [1.54, 1.807) is 0 Å². The van der Waals surface area contributed by atoms with Crippen LogP contribution in [0.3, 0.4) is 0 Å². The average molecular weight is 348 g/mol. The maximum atomic E-state index is 3.57. The van der Waals surface area contributed by atoms with Crippen LogP contribution in [0.25, 0.3) is 0 Å². The third kappa shape index (κ3) is 6.89. The Morgan fingerprint density at radius 3 is 1.07 bits per heavy atom. The van der Waals surface area contributed by atoms with Gasteiger partial charge in [-0.2, -0.15) is 0 Å². The van der Waals surface area contributed by atoms with E-state index in [0.717, 1.165) is 37.7 Å². The number of nitrogens with zero attached hydrogens (tertiary/aromatic N) is 3. The van der Waals surface area contributed by atoms with Crippen LogP contribution in [-0.4, -0.2) is 80.0 Å². The minimum Gasteiger partial charge on any atom is -0.273 e. The summed E-state index contributed by atoms with van der Waals surface area (Å²) in [5.74, 6) is 0. The number of hydrogen-bond acceptors (Lipinski definition) is 0. The second-order valence-electron chi connectivity index (χ2n) is 6.33. The zero-order valence-corrected chi connectivity index (χ0v) is 14.1. The molecule has 0 aromatic heterocycles. The van der Waals surface area contributed by atoms with E-state index in [1.165, 1.54) is 0 Å². The minimum atomic E-state index is 0.995. The van der Waals surface area contributed by atoms with E-state index < -0.39 is 0 Å². The van der Waals surface area contributed by atoms with Crippen LogP contribution in [0.4, 0.5) is 0 Å². The molecular formula is C10H26Br2N3+3. The second-order valence-corrected chi connectivity index (χ2v) is 7.33. The Morgan fingerprint density at radius 1 is 0.600 bits per heavy atom.